The first kappa shape index (κ1) is 19.4. The van der Waals surface area contributed by atoms with Crippen molar-refractivity contribution >= 4 is 27.5 Å². The Hall–Kier alpha value is -3.57. The topological polar surface area (TPSA) is 59.6 Å². The summed E-state index contributed by atoms with van der Waals surface area (Å²) in [7, 11) is 3.38. The van der Waals surface area contributed by atoms with Crippen LogP contribution in [0.5, 0.6) is 11.5 Å². The minimum absolute atomic E-state index is 0.00931. The molecule has 5 rings (SSSR count). The predicted molar refractivity (Wildman–Crippen MR) is 124 cm³/mol. The molecule has 0 aromatic heterocycles. The molecular weight excluding hydrogens is 388 g/mol. The van der Waals surface area contributed by atoms with Gasteiger partial charge in [-0.2, -0.15) is 0 Å². The summed E-state index contributed by atoms with van der Waals surface area (Å²) in [5.41, 5.74) is 2.94. The number of benzene rings is 4. The van der Waals surface area contributed by atoms with Crippen LogP contribution < -0.4 is 20.1 Å². The lowest BCUT2D eigenvalue weighted by Crippen LogP contribution is -2.47. The Morgan fingerprint density at radius 1 is 0.774 bits per heavy atom. The average molecular weight is 412 g/mol. The van der Waals surface area contributed by atoms with Crippen molar-refractivity contribution < 1.29 is 14.3 Å². The maximum absolute atomic E-state index is 12.3. The Morgan fingerprint density at radius 2 is 1.45 bits per heavy atom. The van der Waals surface area contributed by atoms with E-state index in [0.717, 1.165) is 56.3 Å². The van der Waals surface area contributed by atoms with Crippen LogP contribution in [0.15, 0.2) is 66.7 Å². The minimum Gasteiger partial charge on any atom is -0.496 e. The van der Waals surface area contributed by atoms with Gasteiger partial charge in [-0.3, -0.25) is 4.79 Å². The van der Waals surface area contributed by atoms with Crippen LogP contribution in [0, 0.1) is 0 Å². The molecule has 5 nitrogen and oxygen atoms in total. The molecule has 1 aliphatic heterocycles. The third-order valence-electron chi connectivity index (χ3n) is 5.95. The number of amides is 1. The van der Waals surface area contributed by atoms with E-state index in [1.165, 1.54) is 0 Å². The van der Waals surface area contributed by atoms with Gasteiger partial charge in [0.05, 0.1) is 14.2 Å². The summed E-state index contributed by atoms with van der Waals surface area (Å²) < 4.78 is 11.6. The van der Waals surface area contributed by atoms with Crippen LogP contribution in [0.25, 0.3) is 32.7 Å². The normalized spacial score (nSPS) is 16.3. The first-order valence-corrected chi connectivity index (χ1v) is 10.4. The van der Waals surface area contributed by atoms with Gasteiger partial charge in [0, 0.05) is 24.2 Å². The number of methoxy groups -OCH3 is 2. The second kappa shape index (κ2) is 7.93. The smallest absolute Gasteiger partial charge is 0.241 e. The average Bonchev–Trinajstić information content (AvgIpc) is 2.82. The number of hydrogen-bond donors (Lipinski definition) is 2. The van der Waals surface area contributed by atoms with Gasteiger partial charge in [0.15, 0.2) is 0 Å². The van der Waals surface area contributed by atoms with Crippen LogP contribution >= 0.6 is 0 Å². The van der Waals surface area contributed by atoms with Crippen molar-refractivity contribution in [2.75, 3.05) is 27.3 Å². The van der Waals surface area contributed by atoms with Gasteiger partial charge in [0.2, 0.25) is 5.91 Å². The zero-order valence-electron chi connectivity index (χ0n) is 17.6. The van der Waals surface area contributed by atoms with E-state index < -0.39 is 0 Å². The number of rotatable bonds is 4. The van der Waals surface area contributed by atoms with Gasteiger partial charge in [0.1, 0.15) is 17.5 Å². The third-order valence-corrected chi connectivity index (χ3v) is 5.95. The van der Waals surface area contributed by atoms with Crippen LogP contribution in [0.3, 0.4) is 0 Å². The zero-order valence-corrected chi connectivity index (χ0v) is 17.6. The fourth-order valence-corrected chi connectivity index (χ4v) is 4.48. The van der Waals surface area contributed by atoms with Crippen LogP contribution in [-0.2, 0) is 4.79 Å². The molecular formula is C26H24N2O3. The molecule has 1 aliphatic rings. The third kappa shape index (κ3) is 3.27. The van der Waals surface area contributed by atoms with E-state index in [4.69, 9.17) is 9.47 Å². The van der Waals surface area contributed by atoms with Crippen LogP contribution in [0.4, 0.5) is 0 Å². The van der Waals surface area contributed by atoms with Gasteiger partial charge in [-0.25, -0.2) is 0 Å². The molecule has 0 saturated carbocycles. The fourth-order valence-electron chi connectivity index (χ4n) is 4.48. The summed E-state index contributed by atoms with van der Waals surface area (Å²) in [6.45, 7) is 1.42. The molecule has 4 aromatic carbocycles. The van der Waals surface area contributed by atoms with E-state index in [9.17, 15) is 4.79 Å². The lowest BCUT2D eigenvalue weighted by atomic mass is 9.90. The summed E-state index contributed by atoms with van der Waals surface area (Å²) in [5.74, 6) is 1.58. The Balaban J connectivity index is 1.77. The van der Waals surface area contributed by atoms with Gasteiger partial charge in [-0.05, 0) is 45.3 Å². The van der Waals surface area contributed by atoms with Gasteiger partial charge in [0.25, 0.3) is 0 Å². The van der Waals surface area contributed by atoms with Gasteiger partial charge in [-0.1, -0.05) is 48.5 Å². The van der Waals surface area contributed by atoms with Crippen molar-refractivity contribution in [3.63, 3.8) is 0 Å². The zero-order chi connectivity index (χ0) is 21.4. The summed E-state index contributed by atoms with van der Waals surface area (Å²) in [5, 5.41) is 10.6. The lowest BCUT2D eigenvalue weighted by molar-refractivity contribution is -0.124. The molecule has 0 bridgehead atoms. The SMILES string of the molecule is COc1ccc2ccccc2c1-c1c(OC)ccc2cc(C3NCCNC3=O)ccc12. The van der Waals surface area contributed by atoms with Crippen molar-refractivity contribution in [1.29, 1.82) is 0 Å². The molecule has 1 fully saturated rings. The maximum atomic E-state index is 12.3. The van der Waals surface area contributed by atoms with Crippen molar-refractivity contribution in [3.05, 3.63) is 72.3 Å². The predicted octanol–water partition coefficient (Wildman–Crippen LogP) is 4.44. The highest BCUT2D eigenvalue weighted by atomic mass is 16.5. The van der Waals surface area contributed by atoms with Crippen molar-refractivity contribution in [2.24, 2.45) is 0 Å². The maximum Gasteiger partial charge on any atom is 0.241 e. The summed E-state index contributed by atoms with van der Waals surface area (Å²) in [6, 6.07) is 22.2. The molecule has 1 atom stereocenters. The van der Waals surface area contributed by atoms with Crippen LogP contribution in [-0.4, -0.2) is 33.2 Å². The largest absolute Gasteiger partial charge is 0.496 e. The van der Waals surface area contributed by atoms with E-state index in [-0.39, 0.29) is 11.9 Å². The number of fused-ring (bicyclic) bond motifs is 2. The molecule has 0 radical (unpaired) electrons. The Kier molecular flexibility index (Phi) is 4.96. The van der Waals surface area contributed by atoms with E-state index in [1.807, 2.05) is 36.4 Å². The molecule has 4 aromatic rings. The second-order valence-corrected chi connectivity index (χ2v) is 7.67. The van der Waals surface area contributed by atoms with Crippen LogP contribution in [0.1, 0.15) is 11.6 Å². The quantitative estimate of drug-likeness (QED) is 0.520. The molecule has 31 heavy (non-hydrogen) atoms. The molecule has 1 amide bonds. The number of ether oxygens (including phenoxy) is 2. The van der Waals surface area contributed by atoms with Gasteiger partial charge in [-0.15, -0.1) is 0 Å². The van der Waals surface area contributed by atoms with Crippen molar-refractivity contribution in [1.82, 2.24) is 10.6 Å². The highest BCUT2D eigenvalue weighted by Crippen LogP contribution is 2.45. The summed E-state index contributed by atoms with van der Waals surface area (Å²) >= 11 is 0. The van der Waals surface area contributed by atoms with Crippen LogP contribution in [0.2, 0.25) is 0 Å². The van der Waals surface area contributed by atoms with Gasteiger partial charge >= 0.3 is 0 Å². The Labute approximate surface area is 181 Å². The molecule has 1 saturated heterocycles. The monoisotopic (exact) mass is 412 g/mol. The number of hydrogen-bond acceptors (Lipinski definition) is 4. The number of carbonyl (C=O) groups excluding carboxylic acids is 1. The molecule has 5 heteroatoms. The fraction of sp³-hybridized carbons (Fsp3) is 0.192. The van der Waals surface area contributed by atoms with Gasteiger partial charge < -0.3 is 20.1 Å². The molecule has 156 valence electrons. The van der Waals surface area contributed by atoms with Crippen molar-refractivity contribution in [2.45, 2.75) is 6.04 Å². The Morgan fingerprint density at radius 3 is 2.16 bits per heavy atom. The molecule has 0 aliphatic carbocycles. The van der Waals surface area contributed by atoms with E-state index in [0.29, 0.717) is 6.54 Å². The number of nitrogens with one attached hydrogen (secondary N) is 2. The lowest BCUT2D eigenvalue weighted by Gasteiger charge is -2.24. The Bertz CT molecular complexity index is 1300. The second-order valence-electron chi connectivity index (χ2n) is 7.67. The molecule has 1 unspecified atom stereocenters. The first-order chi connectivity index (χ1) is 15.2. The molecule has 2 N–H and O–H groups in total. The van der Waals surface area contributed by atoms with E-state index in [1.54, 1.807) is 14.2 Å². The number of piperazine rings is 1. The van der Waals surface area contributed by atoms with E-state index in [2.05, 4.69) is 41.0 Å². The summed E-state index contributed by atoms with van der Waals surface area (Å²) in [6.07, 6.45) is 0. The molecule has 1 heterocycles. The number of carbonyl (C=O) groups is 1. The molecule has 0 spiro atoms. The van der Waals surface area contributed by atoms with Crippen molar-refractivity contribution in [3.8, 4) is 22.6 Å². The highest BCUT2D eigenvalue weighted by molar-refractivity contribution is 6.10. The summed E-state index contributed by atoms with van der Waals surface area (Å²) in [4.78, 5) is 12.3. The highest BCUT2D eigenvalue weighted by Gasteiger charge is 2.24. The first-order valence-electron chi connectivity index (χ1n) is 10.4. The minimum atomic E-state index is -0.337. The van der Waals surface area contributed by atoms with E-state index >= 15 is 0 Å². The standard InChI is InChI=1S/C26H24N2O3/c1-30-21-11-8-16-5-3-4-6-19(16)23(21)24-20-10-7-18(25-26(29)28-14-13-27-25)15-17(20)9-12-22(24)31-2/h3-12,15,25,27H,13-14H2,1-2H3,(H,28,29).